The third-order valence-corrected chi connectivity index (χ3v) is 5.57. The summed E-state index contributed by atoms with van der Waals surface area (Å²) in [4.78, 5) is 12.3. The van der Waals surface area contributed by atoms with E-state index in [9.17, 15) is 4.79 Å². The van der Waals surface area contributed by atoms with E-state index >= 15 is 0 Å². The zero-order chi connectivity index (χ0) is 14.7. The quantitative estimate of drug-likeness (QED) is 0.845. The average Bonchev–Trinajstić information content (AvgIpc) is 2.97. The molecule has 0 aromatic heterocycles. The Morgan fingerprint density at radius 2 is 2.00 bits per heavy atom. The Bertz CT molecular complexity index is 480. The normalized spacial score (nSPS) is 27.8. The molecule has 0 spiro atoms. The smallest absolute Gasteiger partial charge is 0.261 e. The van der Waals surface area contributed by atoms with E-state index in [2.05, 4.69) is 21.2 Å². The summed E-state index contributed by atoms with van der Waals surface area (Å²) in [7, 11) is 0. The number of hydrogen-bond donors (Lipinski definition) is 1. The Balaban J connectivity index is 1.51. The van der Waals surface area contributed by atoms with E-state index in [1.807, 2.05) is 24.3 Å². The molecule has 3 atom stereocenters. The molecule has 1 saturated carbocycles. The maximum atomic E-state index is 12.3. The fourth-order valence-corrected chi connectivity index (χ4v) is 4.28. The fraction of sp³-hybridized carbons (Fsp3) is 0.588. The Morgan fingerprint density at radius 3 is 2.76 bits per heavy atom. The molecule has 1 aromatic carbocycles. The summed E-state index contributed by atoms with van der Waals surface area (Å²) in [6, 6.07) is 7.90. The van der Waals surface area contributed by atoms with Gasteiger partial charge in [-0.05, 0) is 36.3 Å². The molecule has 1 aliphatic carbocycles. The lowest BCUT2D eigenvalue weighted by Gasteiger charge is -2.30. The number of halogens is 1. The van der Waals surface area contributed by atoms with E-state index in [0.29, 0.717) is 18.3 Å². The first kappa shape index (κ1) is 14.9. The maximum absolute atomic E-state index is 12.3. The number of ether oxygens (including phenoxy) is 1. The summed E-state index contributed by atoms with van der Waals surface area (Å²) in [5, 5.41) is 4.15. The number of alkyl halides is 1. The van der Waals surface area contributed by atoms with Crippen molar-refractivity contribution in [3.63, 3.8) is 0 Å². The van der Waals surface area contributed by atoms with Crippen LogP contribution < -0.4 is 10.1 Å². The lowest BCUT2D eigenvalue weighted by molar-refractivity contribution is -0.127. The number of carbonyl (C=O) groups excluding carboxylic acids is 1. The number of nitrogens with one attached hydrogen (secondary N) is 1. The molecule has 4 heteroatoms. The predicted molar refractivity (Wildman–Crippen MR) is 86.8 cm³/mol. The molecule has 1 amide bonds. The van der Waals surface area contributed by atoms with E-state index in [-0.39, 0.29) is 12.0 Å². The van der Waals surface area contributed by atoms with Crippen molar-refractivity contribution in [2.45, 2.75) is 38.2 Å². The first-order chi connectivity index (χ1) is 10.3. The van der Waals surface area contributed by atoms with Crippen molar-refractivity contribution in [3.05, 3.63) is 29.8 Å². The van der Waals surface area contributed by atoms with E-state index in [1.54, 1.807) is 0 Å². The molecule has 0 saturated heterocycles. The van der Waals surface area contributed by atoms with Crippen LogP contribution in [-0.4, -0.2) is 23.9 Å². The monoisotopic (exact) mass is 351 g/mol. The zero-order valence-corrected chi connectivity index (χ0v) is 13.8. The highest BCUT2D eigenvalue weighted by molar-refractivity contribution is 9.09. The van der Waals surface area contributed by atoms with Crippen molar-refractivity contribution in [3.8, 4) is 5.75 Å². The van der Waals surface area contributed by atoms with Gasteiger partial charge >= 0.3 is 0 Å². The van der Waals surface area contributed by atoms with Gasteiger partial charge in [-0.1, -0.05) is 47.0 Å². The van der Waals surface area contributed by atoms with Crippen LogP contribution in [0.2, 0.25) is 0 Å². The summed E-state index contributed by atoms with van der Waals surface area (Å²) in [5.41, 5.74) is 1.13. The van der Waals surface area contributed by atoms with Crippen molar-refractivity contribution < 1.29 is 9.53 Å². The number of rotatable bonds is 4. The van der Waals surface area contributed by atoms with Gasteiger partial charge in [0.05, 0.1) is 0 Å². The third-order valence-electron chi connectivity index (χ3n) is 4.74. The number of carbonyl (C=O) groups is 1. The minimum Gasteiger partial charge on any atom is -0.480 e. The molecule has 1 N–H and O–H groups in total. The van der Waals surface area contributed by atoms with Gasteiger partial charge in [-0.15, -0.1) is 0 Å². The van der Waals surface area contributed by atoms with Crippen LogP contribution in [0.25, 0.3) is 0 Å². The third kappa shape index (κ3) is 3.42. The number of amides is 1. The molecular formula is C17H22BrNO2. The molecule has 1 aromatic rings. The van der Waals surface area contributed by atoms with Gasteiger partial charge in [-0.3, -0.25) is 4.79 Å². The standard InChI is InChI=1S/C17H22BrNO2/c18-10-13-6-1-2-7-14(13)11-19-17(20)16-9-12-5-3-4-8-15(12)21-16/h3-5,8,13-14,16H,1-2,6-7,9-11H2,(H,19,20). The Kier molecular flexibility index (Phi) is 4.84. The van der Waals surface area contributed by atoms with Gasteiger partial charge in [-0.2, -0.15) is 0 Å². The van der Waals surface area contributed by atoms with Gasteiger partial charge in [0.2, 0.25) is 0 Å². The van der Waals surface area contributed by atoms with Crippen molar-refractivity contribution in [2.24, 2.45) is 11.8 Å². The van der Waals surface area contributed by atoms with Crippen LogP contribution in [-0.2, 0) is 11.2 Å². The lowest BCUT2D eigenvalue weighted by Crippen LogP contribution is -2.41. The highest BCUT2D eigenvalue weighted by Gasteiger charge is 2.30. The second-order valence-electron chi connectivity index (χ2n) is 6.12. The Hall–Kier alpha value is -1.03. The van der Waals surface area contributed by atoms with Crippen LogP contribution in [0.1, 0.15) is 31.2 Å². The molecule has 1 heterocycles. The summed E-state index contributed by atoms with van der Waals surface area (Å²) in [6.45, 7) is 0.783. The van der Waals surface area contributed by atoms with E-state index in [0.717, 1.165) is 23.2 Å². The second kappa shape index (κ2) is 6.82. The first-order valence-corrected chi connectivity index (χ1v) is 8.98. The van der Waals surface area contributed by atoms with Gasteiger partial charge in [0.1, 0.15) is 5.75 Å². The fourth-order valence-electron chi connectivity index (χ4n) is 3.43. The van der Waals surface area contributed by atoms with Crippen molar-refractivity contribution >= 4 is 21.8 Å². The molecule has 3 unspecified atom stereocenters. The number of para-hydroxylation sites is 1. The summed E-state index contributed by atoms with van der Waals surface area (Å²) < 4.78 is 5.74. The summed E-state index contributed by atoms with van der Waals surface area (Å²) >= 11 is 3.61. The van der Waals surface area contributed by atoms with E-state index in [1.165, 1.54) is 25.7 Å². The molecule has 0 radical (unpaired) electrons. The number of benzene rings is 1. The molecule has 0 bridgehead atoms. The van der Waals surface area contributed by atoms with Gasteiger partial charge in [-0.25, -0.2) is 0 Å². The van der Waals surface area contributed by atoms with Crippen LogP contribution in [0.15, 0.2) is 24.3 Å². The summed E-state index contributed by atoms with van der Waals surface area (Å²) in [5.74, 6) is 2.19. The van der Waals surface area contributed by atoms with Crippen LogP contribution in [0, 0.1) is 11.8 Å². The van der Waals surface area contributed by atoms with E-state index in [4.69, 9.17) is 4.74 Å². The first-order valence-electron chi connectivity index (χ1n) is 7.86. The summed E-state index contributed by atoms with van der Waals surface area (Å²) in [6.07, 6.45) is 5.44. The van der Waals surface area contributed by atoms with Crippen LogP contribution in [0.3, 0.4) is 0 Å². The van der Waals surface area contributed by atoms with Gasteiger partial charge in [0.15, 0.2) is 6.10 Å². The van der Waals surface area contributed by atoms with Crippen LogP contribution in [0.5, 0.6) is 5.75 Å². The highest BCUT2D eigenvalue weighted by Crippen LogP contribution is 2.31. The van der Waals surface area contributed by atoms with Gasteiger partial charge in [0.25, 0.3) is 5.91 Å². The molecule has 114 valence electrons. The maximum Gasteiger partial charge on any atom is 0.261 e. The minimum absolute atomic E-state index is 0.0325. The second-order valence-corrected chi connectivity index (χ2v) is 6.77. The average molecular weight is 352 g/mol. The van der Waals surface area contributed by atoms with Gasteiger partial charge in [0, 0.05) is 18.3 Å². The predicted octanol–water partition coefficient (Wildman–Crippen LogP) is 3.31. The molecule has 2 aliphatic rings. The molecule has 3 rings (SSSR count). The molecule has 1 aliphatic heterocycles. The van der Waals surface area contributed by atoms with Crippen molar-refractivity contribution in [2.75, 3.05) is 11.9 Å². The van der Waals surface area contributed by atoms with Crippen LogP contribution >= 0.6 is 15.9 Å². The molecule has 1 fully saturated rings. The van der Waals surface area contributed by atoms with Gasteiger partial charge < -0.3 is 10.1 Å². The molecule has 3 nitrogen and oxygen atoms in total. The highest BCUT2D eigenvalue weighted by atomic mass is 79.9. The number of fused-ring (bicyclic) bond motifs is 1. The lowest BCUT2D eigenvalue weighted by atomic mass is 9.80. The minimum atomic E-state index is -0.353. The Morgan fingerprint density at radius 1 is 1.24 bits per heavy atom. The Labute approximate surface area is 134 Å². The number of hydrogen-bond acceptors (Lipinski definition) is 2. The largest absolute Gasteiger partial charge is 0.480 e. The molecular weight excluding hydrogens is 330 g/mol. The van der Waals surface area contributed by atoms with E-state index < -0.39 is 0 Å². The SMILES string of the molecule is O=C(NCC1CCCCC1CBr)C1Cc2ccccc2O1. The van der Waals surface area contributed by atoms with Crippen molar-refractivity contribution in [1.82, 2.24) is 5.32 Å². The topological polar surface area (TPSA) is 38.3 Å². The molecule has 21 heavy (non-hydrogen) atoms. The van der Waals surface area contributed by atoms with Crippen LogP contribution in [0.4, 0.5) is 0 Å². The zero-order valence-electron chi connectivity index (χ0n) is 12.2. The van der Waals surface area contributed by atoms with Crippen molar-refractivity contribution in [1.29, 1.82) is 0 Å².